The zero-order valence-electron chi connectivity index (χ0n) is 12.2. The lowest BCUT2D eigenvalue weighted by Crippen LogP contribution is -2.18. The molecule has 5 nitrogen and oxygen atoms in total. The van der Waals surface area contributed by atoms with Gasteiger partial charge in [-0.1, -0.05) is 29.3 Å². The quantitative estimate of drug-likeness (QED) is 0.698. The number of benzene rings is 1. The van der Waals surface area contributed by atoms with Gasteiger partial charge in [0.05, 0.1) is 18.1 Å². The second kappa shape index (κ2) is 5.33. The van der Waals surface area contributed by atoms with E-state index in [0.717, 1.165) is 16.7 Å². The molecule has 6 heteroatoms. The zero-order chi connectivity index (χ0) is 15.0. The van der Waals surface area contributed by atoms with Crippen molar-refractivity contribution in [1.82, 2.24) is 19.7 Å². The molecule has 0 spiro atoms. The van der Waals surface area contributed by atoms with Crippen LogP contribution < -0.4 is 4.90 Å². The van der Waals surface area contributed by atoms with E-state index in [9.17, 15) is 0 Å². The van der Waals surface area contributed by atoms with Crippen LogP contribution in [-0.2, 0) is 13.6 Å². The molecule has 0 bridgehead atoms. The van der Waals surface area contributed by atoms with Gasteiger partial charge in [-0.3, -0.25) is 4.68 Å². The fraction of sp³-hybridized carbons (Fsp3) is 0.267. The van der Waals surface area contributed by atoms with Crippen LogP contribution in [0.2, 0.25) is 5.15 Å². The maximum atomic E-state index is 6.20. The first kappa shape index (κ1) is 13.8. The molecule has 0 fully saturated rings. The molecule has 1 aromatic carbocycles. The molecule has 0 aliphatic rings. The second-order valence-corrected chi connectivity index (χ2v) is 5.49. The van der Waals surface area contributed by atoms with Crippen LogP contribution in [0.4, 0.5) is 5.69 Å². The number of nitrogens with zero attached hydrogens (tertiary/aromatic N) is 5. The molecule has 0 aliphatic heterocycles. The summed E-state index contributed by atoms with van der Waals surface area (Å²) >= 11 is 6.20. The largest absolute Gasteiger partial charge is 0.367 e. The fourth-order valence-corrected chi connectivity index (χ4v) is 2.43. The van der Waals surface area contributed by atoms with Crippen molar-refractivity contribution in [3.05, 3.63) is 47.0 Å². The lowest BCUT2D eigenvalue weighted by Gasteiger charge is -2.18. The number of halogens is 1. The van der Waals surface area contributed by atoms with Crippen LogP contribution in [0.15, 0.2) is 30.5 Å². The highest BCUT2D eigenvalue weighted by Crippen LogP contribution is 2.21. The van der Waals surface area contributed by atoms with Gasteiger partial charge in [0.25, 0.3) is 0 Å². The van der Waals surface area contributed by atoms with Crippen molar-refractivity contribution in [3.8, 4) is 0 Å². The number of anilines is 1. The lowest BCUT2D eigenvalue weighted by molar-refractivity contribution is 0.773. The summed E-state index contributed by atoms with van der Waals surface area (Å²) in [4.78, 5) is 11.0. The van der Waals surface area contributed by atoms with Crippen molar-refractivity contribution in [2.24, 2.45) is 7.05 Å². The van der Waals surface area contributed by atoms with E-state index < -0.39 is 0 Å². The Hall–Kier alpha value is -2.14. The van der Waals surface area contributed by atoms with Crippen molar-refractivity contribution in [2.75, 3.05) is 11.9 Å². The standard InChI is InChI=1S/C15H16ClN5/c1-10-4-6-11(7-5-10)20(2)9-13-18-14(16)12-8-17-21(3)15(12)19-13/h4-8H,9H2,1-3H3. The zero-order valence-corrected chi connectivity index (χ0v) is 13.0. The van der Waals surface area contributed by atoms with Gasteiger partial charge < -0.3 is 4.90 Å². The van der Waals surface area contributed by atoms with Gasteiger partial charge in [-0.15, -0.1) is 0 Å². The van der Waals surface area contributed by atoms with Crippen LogP contribution in [0, 0.1) is 6.92 Å². The Bertz CT molecular complexity index is 779. The van der Waals surface area contributed by atoms with Crippen LogP contribution in [0.1, 0.15) is 11.4 Å². The van der Waals surface area contributed by atoms with E-state index in [0.29, 0.717) is 17.5 Å². The van der Waals surface area contributed by atoms with Crippen molar-refractivity contribution in [3.63, 3.8) is 0 Å². The number of fused-ring (bicyclic) bond motifs is 1. The summed E-state index contributed by atoms with van der Waals surface area (Å²) in [7, 11) is 3.86. The number of aryl methyl sites for hydroxylation is 2. The van der Waals surface area contributed by atoms with Crippen molar-refractivity contribution < 1.29 is 0 Å². The Morgan fingerprint density at radius 2 is 1.90 bits per heavy atom. The molecule has 0 amide bonds. The highest BCUT2D eigenvalue weighted by atomic mass is 35.5. The molecular formula is C15H16ClN5. The number of hydrogen-bond acceptors (Lipinski definition) is 4. The Balaban J connectivity index is 1.90. The van der Waals surface area contributed by atoms with E-state index in [4.69, 9.17) is 11.6 Å². The smallest absolute Gasteiger partial charge is 0.162 e. The summed E-state index contributed by atoms with van der Waals surface area (Å²) in [6.45, 7) is 2.66. The van der Waals surface area contributed by atoms with Gasteiger partial charge in [0, 0.05) is 19.8 Å². The van der Waals surface area contributed by atoms with Crippen molar-refractivity contribution >= 4 is 28.3 Å². The molecule has 3 aromatic rings. The minimum Gasteiger partial charge on any atom is -0.367 e. The lowest BCUT2D eigenvalue weighted by atomic mass is 10.2. The number of aromatic nitrogens is 4. The van der Waals surface area contributed by atoms with Crippen LogP contribution in [0.3, 0.4) is 0 Å². The van der Waals surface area contributed by atoms with Crippen LogP contribution in [0.25, 0.3) is 11.0 Å². The topological polar surface area (TPSA) is 46.8 Å². The third-order valence-corrected chi connectivity index (χ3v) is 3.73. The average Bonchev–Trinajstić information content (AvgIpc) is 2.82. The van der Waals surface area contributed by atoms with Gasteiger partial charge >= 0.3 is 0 Å². The predicted molar refractivity (Wildman–Crippen MR) is 84.6 cm³/mol. The molecular weight excluding hydrogens is 286 g/mol. The third kappa shape index (κ3) is 2.69. The van der Waals surface area contributed by atoms with E-state index in [-0.39, 0.29) is 0 Å². The van der Waals surface area contributed by atoms with Gasteiger partial charge in [0.2, 0.25) is 0 Å². The molecule has 3 rings (SSSR count). The van der Waals surface area contributed by atoms with E-state index in [1.54, 1.807) is 10.9 Å². The van der Waals surface area contributed by atoms with Gasteiger partial charge in [0.15, 0.2) is 11.5 Å². The van der Waals surface area contributed by atoms with Gasteiger partial charge in [-0.05, 0) is 19.1 Å². The molecule has 0 saturated heterocycles. The molecule has 0 unspecified atom stereocenters. The number of rotatable bonds is 3. The fourth-order valence-electron chi connectivity index (χ4n) is 2.20. The average molecular weight is 302 g/mol. The molecule has 0 saturated carbocycles. The molecule has 0 radical (unpaired) electrons. The predicted octanol–water partition coefficient (Wildman–Crippen LogP) is 2.96. The maximum absolute atomic E-state index is 6.20. The van der Waals surface area contributed by atoms with Crippen molar-refractivity contribution in [1.29, 1.82) is 0 Å². The summed E-state index contributed by atoms with van der Waals surface area (Å²) in [5, 5.41) is 5.38. The molecule has 0 atom stereocenters. The Kier molecular flexibility index (Phi) is 3.51. The number of hydrogen-bond donors (Lipinski definition) is 0. The van der Waals surface area contributed by atoms with Gasteiger partial charge in [-0.25, -0.2) is 9.97 Å². The first-order valence-electron chi connectivity index (χ1n) is 6.66. The van der Waals surface area contributed by atoms with E-state index in [2.05, 4.69) is 51.2 Å². The Morgan fingerprint density at radius 1 is 1.19 bits per heavy atom. The minimum absolute atomic E-state index is 0.445. The molecule has 2 aromatic heterocycles. The Morgan fingerprint density at radius 3 is 2.62 bits per heavy atom. The monoisotopic (exact) mass is 301 g/mol. The summed E-state index contributed by atoms with van der Waals surface area (Å²) in [5.41, 5.74) is 3.11. The summed E-state index contributed by atoms with van der Waals surface area (Å²) in [5.74, 6) is 0.680. The normalized spacial score (nSPS) is 11.0. The SMILES string of the molecule is Cc1ccc(N(C)Cc2nc(Cl)c3cnn(C)c3n2)cc1. The first-order valence-corrected chi connectivity index (χ1v) is 7.04. The van der Waals surface area contributed by atoms with E-state index in [1.807, 2.05) is 14.1 Å². The molecule has 0 aliphatic carbocycles. The summed E-state index contributed by atoms with van der Waals surface area (Å²) in [6, 6.07) is 8.34. The van der Waals surface area contributed by atoms with Gasteiger partial charge in [-0.2, -0.15) is 5.10 Å². The van der Waals surface area contributed by atoms with E-state index >= 15 is 0 Å². The highest BCUT2D eigenvalue weighted by Gasteiger charge is 2.11. The highest BCUT2D eigenvalue weighted by molar-refractivity contribution is 6.33. The van der Waals surface area contributed by atoms with Gasteiger partial charge in [0.1, 0.15) is 5.15 Å². The minimum atomic E-state index is 0.445. The van der Waals surface area contributed by atoms with Crippen LogP contribution in [0.5, 0.6) is 0 Å². The maximum Gasteiger partial charge on any atom is 0.162 e. The van der Waals surface area contributed by atoms with Crippen LogP contribution in [-0.4, -0.2) is 26.8 Å². The third-order valence-electron chi connectivity index (χ3n) is 3.45. The molecule has 108 valence electrons. The Labute approximate surface area is 128 Å². The second-order valence-electron chi connectivity index (χ2n) is 5.13. The molecule has 2 heterocycles. The van der Waals surface area contributed by atoms with E-state index in [1.165, 1.54) is 5.56 Å². The van der Waals surface area contributed by atoms with Crippen molar-refractivity contribution in [2.45, 2.75) is 13.5 Å². The first-order chi connectivity index (χ1) is 10.0. The molecule has 0 N–H and O–H groups in total. The van der Waals surface area contributed by atoms with Crippen LogP contribution >= 0.6 is 11.6 Å². The summed E-state index contributed by atoms with van der Waals surface area (Å²) in [6.07, 6.45) is 1.69. The summed E-state index contributed by atoms with van der Waals surface area (Å²) < 4.78 is 1.71. The molecule has 21 heavy (non-hydrogen) atoms.